The lowest BCUT2D eigenvalue weighted by Crippen LogP contribution is -2.56. The first-order valence-corrected chi connectivity index (χ1v) is 6.55. The Kier molecular flexibility index (Phi) is 2.99. The maximum absolute atomic E-state index is 11.5. The summed E-state index contributed by atoms with van der Waals surface area (Å²) in [6.45, 7) is 4.57. The van der Waals surface area contributed by atoms with Gasteiger partial charge in [-0.1, -0.05) is 13.8 Å². The molecule has 0 amide bonds. The van der Waals surface area contributed by atoms with Gasteiger partial charge in [0.05, 0.1) is 7.11 Å². The Morgan fingerprint density at radius 3 is 2.93 bits per heavy atom. The lowest BCUT2D eigenvalue weighted by atomic mass is 9.87. The molecule has 1 N–H and O–H groups in total. The molecule has 3 nitrogen and oxygen atoms in total. The van der Waals surface area contributed by atoms with Crippen molar-refractivity contribution >= 4 is 17.7 Å². The van der Waals surface area contributed by atoms with E-state index in [4.69, 9.17) is 4.74 Å². The maximum Gasteiger partial charge on any atom is 0.323 e. The molecule has 2 aliphatic rings. The molecule has 1 aliphatic carbocycles. The molecule has 15 heavy (non-hydrogen) atoms. The Morgan fingerprint density at radius 1 is 1.53 bits per heavy atom. The molecule has 1 aliphatic heterocycles. The van der Waals surface area contributed by atoms with Crippen LogP contribution in [0.4, 0.5) is 0 Å². The summed E-state index contributed by atoms with van der Waals surface area (Å²) in [6, 6.07) is 0.346. The number of hydrogen-bond donors (Lipinski definition) is 1. The highest BCUT2D eigenvalue weighted by atomic mass is 32.2. The van der Waals surface area contributed by atoms with Crippen molar-refractivity contribution in [2.24, 2.45) is 5.41 Å². The number of ether oxygens (including phenoxy) is 1. The number of esters is 1. The Labute approximate surface area is 95.3 Å². The van der Waals surface area contributed by atoms with Crippen LogP contribution in [0.15, 0.2) is 0 Å². The second-order valence-electron chi connectivity index (χ2n) is 5.12. The highest BCUT2D eigenvalue weighted by molar-refractivity contribution is 8.00. The van der Waals surface area contributed by atoms with Gasteiger partial charge in [-0.2, -0.15) is 11.8 Å². The van der Waals surface area contributed by atoms with Crippen molar-refractivity contribution in [1.82, 2.24) is 5.32 Å². The molecule has 0 bridgehead atoms. The first kappa shape index (κ1) is 11.3. The van der Waals surface area contributed by atoms with E-state index in [1.165, 1.54) is 20.0 Å². The first-order chi connectivity index (χ1) is 7.04. The van der Waals surface area contributed by atoms with E-state index in [9.17, 15) is 4.79 Å². The standard InChI is InChI=1S/C11H19NO2S/c1-11(2)5-4-8-9(11)12-7(6-15-8)10(13)14-3/h7-9,12H,4-6H2,1-3H3. The summed E-state index contributed by atoms with van der Waals surface area (Å²) in [4.78, 5) is 11.5. The number of carbonyl (C=O) groups is 1. The Balaban J connectivity index is 2.05. The molecule has 0 radical (unpaired) electrons. The van der Waals surface area contributed by atoms with Gasteiger partial charge in [-0.3, -0.25) is 10.1 Å². The lowest BCUT2D eigenvalue weighted by Gasteiger charge is -2.38. The summed E-state index contributed by atoms with van der Waals surface area (Å²) < 4.78 is 4.79. The van der Waals surface area contributed by atoms with Crippen molar-refractivity contribution in [3.05, 3.63) is 0 Å². The number of fused-ring (bicyclic) bond motifs is 1. The van der Waals surface area contributed by atoms with Crippen molar-refractivity contribution < 1.29 is 9.53 Å². The lowest BCUT2D eigenvalue weighted by molar-refractivity contribution is -0.142. The van der Waals surface area contributed by atoms with Gasteiger partial charge in [0.15, 0.2) is 0 Å². The van der Waals surface area contributed by atoms with Crippen molar-refractivity contribution in [1.29, 1.82) is 0 Å². The highest BCUT2D eigenvalue weighted by Gasteiger charge is 2.46. The average Bonchev–Trinajstić information content (AvgIpc) is 2.53. The van der Waals surface area contributed by atoms with Gasteiger partial charge in [0.1, 0.15) is 6.04 Å². The fourth-order valence-electron chi connectivity index (χ4n) is 2.62. The van der Waals surface area contributed by atoms with Crippen LogP contribution in [-0.2, 0) is 9.53 Å². The average molecular weight is 229 g/mol. The van der Waals surface area contributed by atoms with Crippen molar-refractivity contribution in [2.75, 3.05) is 12.9 Å². The predicted molar refractivity (Wildman–Crippen MR) is 62.0 cm³/mol. The van der Waals surface area contributed by atoms with E-state index in [1.54, 1.807) is 0 Å². The number of hydrogen-bond acceptors (Lipinski definition) is 4. The summed E-state index contributed by atoms with van der Waals surface area (Å²) in [7, 11) is 1.46. The molecule has 0 aromatic rings. The van der Waals surface area contributed by atoms with Crippen LogP contribution in [0.1, 0.15) is 26.7 Å². The molecule has 4 heteroatoms. The molecule has 1 heterocycles. The molecule has 2 rings (SSSR count). The summed E-state index contributed by atoms with van der Waals surface area (Å²) in [6.07, 6.45) is 2.51. The van der Waals surface area contributed by atoms with Crippen LogP contribution in [0.2, 0.25) is 0 Å². The zero-order chi connectivity index (χ0) is 11.1. The van der Waals surface area contributed by atoms with Crippen molar-refractivity contribution in [2.45, 2.75) is 44.0 Å². The van der Waals surface area contributed by atoms with Gasteiger partial charge in [0.25, 0.3) is 0 Å². The zero-order valence-corrected chi connectivity index (χ0v) is 10.4. The minimum Gasteiger partial charge on any atom is -0.468 e. The molecular formula is C11H19NO2S. The molecule has 3 unspecified atom stereocenters. The number of carbonyl (C=O) groups excluding carboxylic acids is 1. The molecular weight excluding hydrogens is 210 g/mol. The predicted octanol–water partition coefficient (Wildman–Crippen LogP) is 1.42. The Hall–Kier alpha value is -0.220. The third kappa shape index (κ3) is 2.02. The van der Waals surface area contributed by atoms with E-state index in [0.717, 1.165) is 5.75 Å². The first-order valence-electron chi connectivity index (χ1n) is 5.50. The Bertz CT molecular complexity index is 267. The fraction of sp³-hybridized carbons (Fsp3) is 0.909. The highest BCUT2D eigenvalue weighted by Crippen LogP contribution is 2.45. The number of rotatable bonds is 1. The van der Waals surface area contributed by atoms with Gasteiger partial charge in [-0.05, 0) is 18.3 Å². The van der Waals surface area contributed by atoms with Crippen LogP contribution in [-0.4, -0.2) is 36.2 Å². The molecule has 0 aromatic carbocycles. The zero-order valence-electron chi connectivity index (χ0n) is 9.58. The van der Waals surface area contributed by atoms with Crippen LogP contribution < -0.4 is 5.32 Å². The number of nitrogens with one attached hydrogen (secondary N) is 1. The van der Waals surface area contributed by atoms with Gasteiger partial charge < -0.3 is 4.74 Å². The van der Waals surface area contributed by atoms with E-state index < -0.39 is 0 Å². The molecule has 86 valence electrons. The Morgan fingerprint density at radius 2 is 2.27 bits per heavy atom. The molecule has 1 saturated heterocycles. The largest absolute Gasteiger partial charge is 0.468 e. The van der Waals surface area contributed by atoms with Crippen LogP contribution in [0.5, 0.6) is 0 Å². The normalized spacial score (nSPS) is 38.5. The number of methoxy groups -OCH3 is 1. The van der Waals surface area contributed by atoms with Crippen LogP contribution in [0.3, 0.4) is 0 Å². The molecule has 1 saturated carbocycles. The minimum absolute atomic E-state index is 0.112. The van der Waals surface area contributed by atoms with Gasteiger partial charge in [-0.15, -0.1) is 0 Å². The monoisotopic (exact) mass is 229 g/mol. The van der Waals surface area contributed by atoms with Crippen LogP contribution in [0, 0.1) is 5.41 Å². The third-order valence-electron chi connectivity index (χ3n) is 3.63. The van der Waals surface area contributed by atoms with Crippen molar-refractivity contribution in [3.63, 3.8) is 0 Å². The summed E-state index contributed by atoms with van der Waals surface area (Å²) in [5.74, 6) is 0.729. The van der Waals surface area contributed by atoms with E-state index in [0.29, 0.717) is 16.7 Å². The summed E-state index contributed by atoms with van der Waals surface area (Å²) >= 11 is 1.92. The number of thioether (sulfide) groups is 1. The third-order valence-corrected chi connectivity index (χ3v) is 5.09. The second-order valence-corrected chi connectivity index (χ2v) is 6.39. The molecule has 0 aromatic heterocycles. The van der Waals surface area contributed by atoms with Crippen LogP contribution in [0.25, 0.3) is 0 Å². The van der Waals surface area contributed by atoms with E-state index in [1.807, 2.05) is 11.8 Å². The smallest absolute Gasteiger partial charge is 0.323 e. The molecule has 3 atom stereocenters. The summed E-state index contributed by atoms with van der Waals surface area (Å²) in [5, 5.41) is 4.14. The van der Waals surface area contributed by atoms with Crippen molar-refractivity contribution in [3.8, 4) is 0 Å². The van der Waals surface area contributed by atoms with Gasteiger partial charge in [0.2, 0.25) is 0 Å². The topological polar surface area (TPSA) is 38.3 Å². The van der Waals surface area contributed by atoms with E-state index in [2.05, 4.69) is 19.2 Å². The second kappa shape index (κ2) is 3.98. The molecule has 2 fully saturated rings. The SMILES string of the molecule is COC(=O)C1CSC2CCC(C)(C)C2N1. The summed E-state index contributed by atoms with van der Waals surface area (Å²) in [5.41, 5.74) is 0.310. The van der Waals surface area contributed by atoms with Gasteiger partial charge in [-0.25, -0.2) is 0 Å². The van der Waals surface area contributed by atoms with Gasteiger partial charge >= 0.3 is 5.97 Å². The molecule has 0 spiro atoms. The fourth-order valence-corrected chi connectivity index (χ4v) is 4.21. The van der Waals surface area contributed by atoms with E-state index in [-0.39, 0.29) is 12.0 Å². The minimum atomic E-state index is -0.122. The maximum atomic E-state index is 11.5. The quantitative estimate of drug-likeness (QED) is 0.690. The van der Waals surface area contributed by atoms with E-state index >= 15 is 0 Å². The van der Waals surface area contributed by atoms with Crippen LogP contribution >= 0.6 is 11.8 Å². The van der Waals surface area contributed by atoms with Gasteiger partial charge in [0, 0.05) is 17.0 Å².